The Morgan fingerprint density at radius 2 is 1.61 bits per heavy atom. The number of hydrogen-bond donors (Lipinski definition) is 6. The van der Waals surface area contributed by atoms with Crippen molar-refractivity contribution in [3.8, 4) is 5.75 Å². The van der Waals surface area contributed by atoms with Crippen molar-refractivity contribution in [2.24, 2.45) is 5.92 Å². The van der Waals surface area contributed by atoms with Crippen LogP contribution in [0.2, 0.25) is 0 Å². The van der Waals surface area contributed by atoms with Crippen molar-refractivity contribution in [1.29, 1.82) is 0 Å². The first kappa shape index (κ1) is 35.5. The maximum absolute atomic E-state index is 13.6. The van der Waals surface area contributed by atoms with Gasteiger partial charge in [0.2, 0.25) is 15.9 Å². The van der Waals surface area contributed by atoms with Crippen LogP contribution < -0.4 is 9.62 Å². The Labute approximate surface area is 269 Å². The summed E-state index contributed by atoms with van der Waals surface area (Å²) in [5.74, 6) is -1.15. The van der Waals surface area contributed by atoms with Crippen LogP contribution in [-0.4, -0.2) is 71.5 Å². The number of aliphatic hydroxyl groups is 4. The van der Waals surface area contributed by atoms with Crippen molar-refractivity contribution in [1.82, 2.24) is 4.72 Å². The maximum atomic E-state index is 13.6. The Bertz CT molecular complexity index is 1560. The zero-order chi connectivity index (χ0) is 33.5. The van der Waals surface area contributed by atoms with Crippen molar-refractivity contribution >= 4 is 21.6 Å². The third-order valence-corrected chi connectivity index (χ3v) is 9.30. The molecule has 0 spiro atoms. The van der Waals surface area contributed by atoms with Crippen molar-refractivity contribution in [3.63, 3.8) is 0 Å². The highest BCUT2D eigenvalue weighted by Crippen LogP contribution is 2.48. The average Bonchev–Trinajstić information content (AvgIpc) is 3.03. The van der Waals surface area contributed by atoms with E-state index in [0.29, 0.717) is 41.8 Å². The van der Waals surface area contributed by atoms with E-state index in [1.54, 1.807) is 23.1 Å². The zero-order valence-corrected chi connectivity index (χ0v) is 26.7. The van der Waals surface area contributed by atoms with Gasteiger partial charge in [-0.1, -0.05) is 36.4 Å². The number of nitrogens with one attached hydrogen (secondary N) is 1. The van der Waals surface area contributed by atoms with Gasteiger partial charge in [-0.25, -0.2) is 17.5 Å². The second-order valence-corrected chi connectivity index (χ2v) is 14.0. The van der Waals surface area contributed by atoms with Crippen molar-refractivity contribution in [2.45, 2.75) is 62.7 Å². The second kappa shape index (κ2) is 15.5. The topological polar surface area (TPSA) is 168 Å². The molecule has 1 amide bonds. The maximum Gasteiger partial charge on any atom is 0.233 e. The molecule has 3 aromatic rings. The van der Waals surface area contributed by atoms with Gasteiger partial charge in [0.05, 0.1) is 37.5 Å². The van der Waals surface area contributed by atoms with Gasteiger partial charge >= 0.3 is 0 Å². The molecule has 1 aliphatic rings. The predicted octanol–water partition coefficient (Wildman–Crippen LogP) is 3.27. The van der Waals surface area contributed by atoms with E-state index in [2.05, 4.69) is 4.72 Å². The molecule has 0 aliphatic carbocycles. The fraction of sp³-hybridized carbons (Fsp3) is 0.441. The van der Waals surface area contributed by atoms with Crippen LogP contribution in [0.4, 0.5) is 10.1 Å². The molecule has 4 rings (SSSR count). The molecule has 0 unspecified atom stereocenters. The van der Waals surface area contributed by atoms with Gasteiger partial charge in [0.1, 0.15) is 17.2 Å². The molecular formula is C34H43FN2O8S. The number of hydrogen-bond acceptors (Lipinski definition) is 8. The number of aromatic hydroxyl groups is 1. The van der Waals surface area contributed by atoms with E-state index >= 15 is 0 Å². The van der Waals surface area contributed by atoms with E-state index in [-0.39, 0.29) is 30.9 Å². The molecule has 46 heavy (non-hydrogen) atoms. The Morgan fingerprint density at radius 3 is 2.22 bits per heavy atom. The number of anilines is 1. The fourth-order valence-corrected chi connectivity index (χ4v) is 6.29. The number of amides is 1. The second-order valence-electron chi connectivity index (χ2n) is 12.1. The summed E-state index contributed by atoms with van der Waals surface area (Å²) in [6, 6.07) is 17.6. The number of halogens is 1. The van der Waals surface area contributed by atoms with Crippen LogP contribution in [0.3, 0.4) is 0 Å². The summed E-state index contributed by atoms with van der Waals surface area (Å²) in [6.07, 6.45) is 3.36. The van der Waals surface area contributed by atoms with Crippen LogP contribution in [-0.2, 0) is 27.7 Å². The van der Waals surface area contributed by atoms with Gasteiger partial charge in [-0.3, -0.25) is 4.79 Å². The highest BCUT2D eigenvalue weighted by Gasteiger charge is 2.49. The molecule has 250 valence electrons. The molecule has 0 aromatic heterocycles. The molecule has 3 atom stereocenters. The van der Waals surface area contributed by atoms with Gasteiger partial charge in [0, 0.05) is 17.8 Å². The summed E-state index contributed by atoms with van der Waals surface area (Å²) in [7, 11) is -3.22. The summed E-state index contributed by atoms with van der Waals surface area (Å²) in [5, 5.41) is 50.9. The molecule has 3 aromatic carbocycles. The normalized spacial score (nSPS) is 17.6. The SMILES string of the molecule is CS(=O)(=O)NCCCCc1ccc(N2C(=O)[C@H](CC[C@H](O)c3ccc(F)cc3)[C@H]2c2ccc(CCC(O)(CO)CO)cc2O)cc1. The average molecular weight is 659 g/mol. The monoisotopic (exact) mass is 658 g/mol. The fourth-order valence-electron chi connectivity index (χ4n) is 5.78. The van der Waals surface area contributed by atoms with Gasteiger partial charge in [0.15, 0.2) is 0 Å². The largest absolute Gasteiger partial charge is 0.508 e. The van der Waals surface area contributed by atoms with E-state index in [9.17, 15) is 43.1 Å². The quantitative estimate of drug-likeness (QED) is 0.0950. The smallest absolute Gasteiger partial charge is 0.233 e. The van der Waals surface area contributed by atoms with Crippen LogP contribution >= 0.6 is 0 Å². The molecular weight excluding hydrogens is 615 g/mol. The Hall–Kier alpha value is -3.39. The summed E-state index contributed by atoms with van der Waals surface area (Å²) in [4.78, 5) is 15.2. The number of sulfonamides is 1. The Balaban J connectivity index is 1.51. The minimum Gasteiger partial charge on any atom is -0.508 e. The van der Waals surface area contributed by atoms with E-state index in [1.165, 1.54) is 24.3 Å². The van der Waals surface area contributed by atoms with E-state index in [1.807, 2.05) is 24.3 Å². The highest BCUT2D eigenvalue weighted by molar-refractivity contribution is 7.88. The molecule has 10 nitrogen and oxygen atoms in total. The van der Waals surface area contributed by atoms with Gasteiger partial charge < -0.3 is 30.4 Å². The van der Waals surface area contributed by atoms with E-state index in [0.717, 1.165) is 24.7 Å². The highest BCUT2D eigenvalue weighted by atomic mass is 32.2. The van der Waals surface area contributed by atoms with Crippen molar-refractivity contribution in [3.05, 3.63) is 94.8 Å². The summed E-state index contributed by atoms with van der Waals surface area (Å²) >= 11 is 0. The first-order valence-corrected chi connectivity index (χ1v) is 17.3. The minimum absolute atomic E-state index is 0.0417. The van der Waals surface area contributed by atoms with Crippen LogP contribution in [0.1, 0.15) is 66.5 Å². The van der Waals surface area contributed by atoms with Gasteiger partial charge in [-0.15, -0.1) is 0 Å². The number of phenolic OH excluding ortho intramolecular Hbond substituents is 1. The first-order valence-electron chi connectivity index (χ1n) is 15.4. The first-order chi connectivity index (χ1) is 21.8. The Kier molecular flexibility index (Phi) is 11.9. The molecule has 1 heterocycles. The van der Waals surface area contributed by atoms with Gasteiger partial charge in [-0.05, 0) is 92.0 Å². The number of carbonyl (C=O) groups excluding carboxylic acids is 1. The third kappa shape index (κ3) is 9.11. The van der Waals surface area contributed by atoms with Gasteiger partial charge in [0.25, 0.3) is 0 Å². The number of rotatable bonds is 17. The molecule has 0 saturated carbocycles. The molecule has 12 heteroatoms. The lowest BCUT2D eigenvalue weighted by molar-refractivity contribution is -0.131. The lowest BCUT2D eigenvalue weighted by Crippen LogP contribution is -2.55. The van der Waals surface area contributed by atoms with Crippen LogP contribution in [0, 0.1) is 11.7 Å². The number of aryl methyl sites for hydroxylation is 2. The molecule has 0 radical (unpaired) electrons. The van der Waals surface area contributed by atoms with Crippen LogP contribution in [0.15, 0.2) is 66.7 Å². The standard InChI is InChI=1S/C34H43FN2O8S/c1-46(44,45)36-19-3-2-4-23-5-12-27(13-6-23)37-32(28-14-7-24(20-31(28)41)17-18-34(43,21-38)22-39)29(33(37)42)15-16-30(40)25-8-10-26(35)11-9-25/h5-14,20,29-30,32,36,38-41,43H,2-4,15-19,21-22H2,1H3/t29-,30+,32-/m1/s1. The number of β-lactam (4-membered cyclic amide) rings is 1. The van der Waals surface area contributed by atoms with E-state index in [4.69, 9.17) is 0 Å². The summed E-state index contributed by atoms with van der Waals surface area (Å²) < 4.78 is 38.3. The van der Waals surface area contributed by atoms with Crippen molar-refractivity contribution < 1.29 is 43.1 Å². The lowest BCUT2D eigenvalue weighted by atomic mass is 9.77. The molecule has 1 aliphatic heterocycles. The number of aliphatic hydroxyl groups excluding tert-OH is 3. The molecule has 0 bridgehead atoms. The summed E-state index contributed by atoms with van der Waals surface area (Å²) in [5.41, 5.74) is 1.78. The lowest BCUT2D eigenvalue weighted by Gasteiger charge is -2.48. The number of phenols is 1. The van der Waals surface area contributed by atoms with E-state index < -0.39 is 52.7 Å². The zero-order valence-electron chi connectivity index (χ0n) is 25.8. The minimum atomic E-state index is -3.22. The molecule has 1 saturated heterocycles. The van der Waals surface area contributed by atoms with Crippen LogP contribution in [0.5, 0.6) is 5.75 Å². The van der Waals surface area contributed by atoms with Crippen molar-refractivity contribution in [2.75, 3.05) is 30.9 Å². The number of benzene rings is 3. The third-order valence-electron chi connectivity index (χ3n) is 8.57. The van der Waals surface area contributed by atoms with Gasteiger partial charge in [-0.2, -0.15) is 0 Å². The molecule has 6 N–H and O–H groups in total. The number of carbonyl (C=O) groups is 1. The summed E-state index contributed by atoms with van der Waals surface area (Å²) in [6.45, 7) is -0.834. The predicted molar refractivity (Wildman–Crippen MR) is 172 cm³/mol. The molecule has 1 fully saturated rings. The number of nitrogens with zero attached hydrogens (tertiary/aromatic N) is 1. The Morgan fingerprint density at radius 1 is 0.957 bits per heavy atom. The van der Waals surface area contributed by atoms with Crippen LogP contribution in [0.25, 0.3) is 0 Å². The number of unbranched alkanes of at least 4 members (excludes halogenated alkanes) is 1.